The van der Waals surface area contributed by atoms with Crippen molar-refractivity contribution in [1.82, 2.24) is 53.6 Å². The number of piperidine rings is 2. The van der Waals surface area contributed by atoms with Gasteiger partial charge in [0.25, 0.3) is 6.43 Å². The zero-order valence-corrected chi connectivity index (χ0v) is 39.8. The molecule has 69 heavy (non-hydrogen) atoms. The maximum atomic E-state index is 14.7. The monoisotopic (exact) mass is 948 g/mol. The lowest BCUT2D eigenvalue weighted by Gasteiger charge is -2.36. The molecule has 0 spiro atoms. The van der Waals surface area contributed by atoms with E-state index < -0.39 is 18.4 Å². The first kappa shape index (κ1) is 46.5. The zero-order chi connectivity index (χ0) is 48.1. The van der Waals surface area contributed by atoms with E-state index in [0.29, 0.717) is 68.6 Å². The first-order valence-electron chi connectivity index (χ1n) is 24.6. The number of imide groups is 1. The van der Waals surface area contributed by atoms with E-state index in [-0.39, 0.29) is 41.4 Å². The number of nitrogens with one attached hydrogen (secondary N) is 1. The molecule has 1 N–H and O–H groups in total. The van der Waals surface area contributed by atoms with Gasteiger partial charge in [-0.1, -0.05) is 6.07 Å². The summed E-state index contributed by atoms with van der Waals surface area (Å²) in [6.07, 6.45) is 7.28. The number of nitrogens with zero attached hydrogens (tertiary/aromatic N) is 11. The van der Waals surface area contributed by atoms with Crippen molar-refractivity contribution in [2.75, 3.05) is 70.3 Å². The van der Waals surface area contributed by atoms with E-state index in [4.69, 9.17) is 5.10 Å². The molecule has 0 aliphatic carbocycles. The highest BCUT2D eigenvalue weighted by molar-refractivity contribution is 6.00. The molecule has 3 fully saturated rings. The number of carbonyl (C=O) groups is 4. The number of alkyl halides is 2. The molecular weight excluding hydrogens is 887 g/mol. The summed E-state index contributed by atoms with van der Waals surface area (Å²) in [4.78, 5) is 74.5. The SMILES string of the molecule is CC(=O)N1CCc2c(c(N3CCCc4cc(-c5cnn(C)c5)c(C(F)F)cc43)nn2C2CCN(C(=O)CCN3CCN(CCCc4ccc5c(c4)n(C)c(=O)n5C4CCC(=O)NC4=O)CC3)CC2)C1. The summed E-state index contributed by atoms with van der Waals surface area (Å²) < 4.78 is 36.3. The van der Waals surface area contributed by atoms with Gasteiger partial charge >= 0.3 is 5.69 Å². The minimum atomic E-state index is -2.68. The van der Waals surface area contributed by atoms with Crippen molar-refractivity contribution in [3.63, 3.8) is 0 Å². The van der Waals surface area contributed by atoms with Crippen molar-refractivity contribution in [3.8, 4) is 11.1 Å². The third-order valence-corrected chi connectivity index (χ3v) is 15.3. The summed E-state index contributed by atoms with van der Waals surface area (Å²) in [5.74, 6) is 0.153. The minimum Gasteiger partial charge on any atom is -0.343 e. The maximum Gasteiger partial charge on any atom is 0.329 e. The summed E-state index contributed by atoms with van der Waals surface area (Å²) >= 11 is 0. The summed E-state index contributed by atoms with van der Waals surface area (Å²) in [5, 5.41) is 11.9. The van der Waals surface area contributed by atoms with E-state index in [9.17, 15) is 32.8 Å². The lowest BCUT2D eigenvalue weighted by molar-refractivity contribution is -0.136. The number of anilines is 2. The number of halogens is 2. The largest absolute Gasteiger partial charge is 0.343 e. The fraction of sp³-hybridized carbons (Fsp3) is 0.540. The van der Waals surface area contributed by atoms with E-state index >= 15 is 0 Å². The van der Waals surface area contributed by atoms with Crippen molar-refractivity contribution in [2.45, 2.75) is 96.2 Å². The number of carbonyl (C=O) groups excluding carboxylic acids is 4. The number of aryl methyl sites for hydroxylation is 4. The molecule has 3 aromatic heterocycles. The van der Waals surface area contributed by atoms with Crippen molar-refractivity contribution >= 4 is 46.2 Å². The highest BCUT2D eigenvalue weighted by atomic mass is 19.3. The summed E-state index contributed by atoms with van der Waals surface area (Å²) in [6, 6.07) is 8.88. The van der Waals surface area contributed by atoms with E-state index in [0.717, 1.165) is 117 Å². The molecule has 8 heterocycles. The molecule has 4 amide bonds. The molecule has 0 saturated carbocycles. The molecule has 0 radical (unpaired) electrons. The second kappa shape index (κ2) is 19.3. The number of hydrogen-bond donors (Lipinski definition) is 1. The van der Waals surface area contributed by atoms with Crippen LogP contribution in [0.2, 0.25) is 0 Å². The number of likely N-dealkylation sites (tertiary alicyclic amines) is 1. The van der Waals surface area contributed by atoms with Gasteiger partial charge in [0.15, 0.2) is 5.82 Å². The zero-order valence-electron chi connectivity index (χ0n) is 39.8. The molecule has 1 atom stereocenters. The Morgan fingerprint density at radius 3 is 2.33 bits per heavy atom. The molecule has 5 aliphatic rings. The average molecular weight is 949 g/mol. The van der Waals surface area contributed by atoms with Crippen LogP contribution in [0.15, 0.2) is 47.5 Å². The Morgan fingerprint density at radius 2 is 1.62 bits per heavy atom. The van der Waals surface area contributed by atoms with Crippen LogP contribution in [0.5, 0.6) is 0 Å². The van der Waals surface area contributed by atoms with Crippen LogP contribution in [0.3, 0.4) is 0 Å². The smallest absolute Gasteiger partial charge is 0.329 e. The highest BCUT2D eigenvalue weighted by Gasteiger charge is 2.36. The second-order valence-corrected chi connectivity index (χ2v) is 19.6. The standard InChI is InChI=1S/C50H62F2N12O5/c1-32(65)61-21-14-40-39(31-61)48(62-17-5-7-34-27-37(35-29-53-56(2)30-35)38(47(51)52)28-43(34)62)55-64(40)36-12-19-60(20-13-36)46(67)15-18-59-24-22-58(23-25-59)16-4-6-33-8-9-41-44(26-33)57(3)50(69)63(41)42-10-11-45(66)54-49(42)68/h8-9,26-30,36,42,47H,4-7,10-25,31H2,1-3H3,(H,54,66,68). The Labute approximate surface area is 399 Å². The molecule has 3 saturated heterocycles. The van der Waals surface area contributed by atoms with Crippen LogP contribution in [-0.2, 0) is 59.1 Å². The fourth-order valence-corrected chi connectivity index (χ4v) is 11.4. The number of amides is 4. The molecule has 366 valence electrons. The number of rotatable bonds is 12. The third-order valence-electron chi connectivity index (χ3n) is 15.3. The van der Waals surface area contributed by atoms with Crippen LogP contribution >= 0.6 is 0 Å². The van der Waals surface area contributed by atoms with E-state index in [1.807, 2.05) is 34.1 Å². The highest BCUT2D eigenvalue weighted by Crippen LogP contribution is 2.44. The summed E-state index contributed by atoms with van der Waals surface area (Å²) in [6.45, 7) is 9.84. The number of fused-ring (bicyclic) bond motifs is 3. The van der Waals surface area contributed by atoms with Gasteiger partial charge in [-0.2, -0.15) is 10.2 Å². The Kier molecular flexibility index (Phi) is 13.0. The van der Waals surface area contributed by atoms with Gasteiger partial charge in [-0.25, -0.2) is 13.6 Å². The van der Waals surface area contributed by atoms with Gasteiger partial charge in [-0.3, -0.25) is 43.0 Å². The number of benzene rings is 2. The van der Waals surface area contributed by atoms with Crippen molar-refractivity contribution in [3.05, 3.63) is 81.2 Å². The van der Waals surface area contributed by atoms with Crippen molar-refractivity contribution < 1.29 is 28.0 Å². The maximum absolute atomic E-state index is 14.7. The van der Waals surface area contributed by atoms with Gasteiger partial charge in [0.1, 0.15) is 6.04 Å². The third kappa shape index (κ3) is 9.22. The molecule has 5 aliphatic heterocycles. The predicted molar refractivity (Wildman–Crippen MR) is 255 cm³/mol. The van der Waals surface area contributed by atoms with Crippen molar-refractivity contribution in [2.24, 2.45) is 14.1 Å². The summed E-state index contributed by atoms with van der Waals surface area (Å²) in [5.41, 5.74) is 7.24. The predicted octanol–water partition coefficient (Wildman–Crippen LogP) is 4.65. The van der Waals surface area contributed by atoms with E-state index in [1.54, 1.807) is 48.7 Å². The van der Waals surface area contributed by atoms with E-state index in [1.165, 1.54) is 4.57 Å². The van der Waals surface area contributed by atoms with E-state index in [2.05, 4.69) is 29.8 Å². The first-order chi connectivity index (χ1) is 33.3. The van der Waals surface area contributed by atoms with Gasteiger partial charge in [0.2, 0.25) is 23.6 Å². The van der Waals surface area contributed by atoms with Gasteiger partial charge < -0.3 is 24.5 Å². The average Bonchev–Trinajstić information content (AvgIpc) is 4.03. The van der Waals surface area contributed by atoms with Gasteiger partial charge in [0, 0.05) is 133 Å². The topological polar surface area (TPSA) is 159 Å². The van der Waals surface area contributed by atoms with Crippen LogP contribution < -0.4 is 15.9 Å². The lowest BCUT2D eigenvalue weighted by atomic mass is 9.92. The number of hydrogen-bond acceptors (Lipinski definition) is 10. The van der Waals surface area contributed by atoms with Gasteiger partial charge in [-0.15, -0.1) is 0 Å². The van der Waals surface area contributed by atoms with Crippen LogP contribution in [0, 0.1) is 0 Å². The minimum absolute atomic E-state index is 0.00542. The van der Waals surface area contributed by atoms with Crippen LogP contribution in [0.4, 0.5) is 20.3 Å². The van der Waals surface area contributed by atoms with Gasteiger partial charge in [-0.05, 0) is 92.4 Å². The number of piperazine rings is 1. The number of imidazole rings is 1. The Morgan fingerprint density at radius 1 is 0.855 bits per heavy atom. The van der Waals surface area contributed by atoms with Crippen LogP contribution in [-0.4, -0.2) is 137 Å². The molecule has 17 nitrogen and oxygen atoms in total. The lowest BCUT2D eigenvalue weighted by Crippen LogP contribution is -2.48. The summed E-state index contributed by atoms with van der Waals surface area (Å²) in [7, 11) is 3.50. The molecule has 1 unspecified atom stereocenters. The molecular formula is C50H62F2N12O5. The quantitative estimate of drug-likeness (QED) is 0.175. The fourth-order valence-electron chi connectivity index (χ4n) is 11.4. The van der Waals surface area contributed by atoms with Crippen molar-refractivity contribution in [1.29, 1.82) is 0 Å². The van der Waals surface area contributed by atoms with Gasteiger partial charge in [0.05, 0.1) is 29.8 Å². The second-order valence-electron chi connectivity index (χ2n) is 19.6. The first-order valence-corrected chi connectivity index (χ1v) is 24.6. The Hall–Kier alpha value is -6.21. The number of aromatic nitrogens is 6. The molecule has 0 bridgehead atoms. The van der Waals surface area contributed by atoms with Crippen LogP contribution in [0.1, 0.15) is 98.3 Å². The molecule has 5 aromatic rings. The van der Waals surface area contributed by atoms with Crippen LogP contribution in [0.25, 0.3) is 22.2 Å². The Balaban J connectivity index is 0.725. The molecule has 10 rings (SSSR count). The molecule has 19 heteroatoms. The molecule has 2 aromatic carbocycles. The normalized spacial score (nSPS) is 19.7. The Bertz CT molecular complexity index is 2850.